The Balaban J connectivity index is 1.68. The molecule has 26 heavy (non-hydrogen) atoms. The average Bonchev–Trinajstić information content (AvgIpc) is 2.66. The molecule has 0 aliphatic carbocycles. The van der Waals surface area contributed by atoms with E-state index in [0.29, 0.717) is 19.6 Å². The van der Waals surface area contributed by atoms with Crippen molar-refractivity contribution < 1.29 is 13.2 Å². The van der Waals surface area contributed by atoms with E-state index in [2.05, 4.69) is 10.6 Å². The lowest BCUT2D eigenvalue weighted by Gasteiger charge is -2.35. The second kappa shape index (κ2) is 8.56. The van der Waals surface area contributed by atoms with Crippen molar-refractivity contribution in [1.29, 1.82) is 0 Å². The van der Waals surface area contributed by atoms with E-state index in [4.69, 9.17) is 0 Å². The van der Waals surface area contributed by atoms with E-state index >= 15 is 0 Å². The van der Waals surface area contributed by atoms with Gasteiger partial charge in [0.15, 0.2) is 0 Å². The molecule has 0 spiro atoms. The zero-order valence-electron chi connectivity index (χ0n) is 14.6. The van der Waals surface area contributed by atoms with Crippen molar-refractivity contribution in [3.05, 3.63) is 65.7 Å². The molecule has 0 aromatic heterocycles. The van der Waals surface area contributed by atoms with Crippen molar-refractivity contribution in [1.82, 2.24) is 10.2 Å². The van der Waals surface area contributed by atoms with Gasteiger partial charge in [-0.1, -0.05) is 42.5 Å². The summed E-state index contributed by atoms with van der Waals surface area (Å²) in [6, 6.07) is 16.7. The number of halogens is 3. The maximum Gasteiger partial charge on any atom is 0.390 e. The Kier molecular flexibility index (Phi) is 6.16. The Morgan fingerprint density at radius 1 is 0.962 bits per heavy atom. The fraction of sp³-hybridized carbons (Fsp3) is 0.400. The molecule has 1 atom stereocenters. The minimum atomic E-state index is -4.18. The van der Waals surface area contributed by atoms with Gasteiger partial charge in [0.05, 0.1) is 6.42 Å². The number of piperazine rings is 1. The van der Waals surface area contributed by atoms with Crippen molar-refractivity contribution in [2.75, 3.05) is 31.5 Å². The maximum absolute atomic E-state index is 13.1. The highest BCUT2D eigenvalue weighted by molar-refractivity contribution is 5.45. The SMILES string of the molecule is FC(F)(F)C[C@H](c1ccc(NCc2ccccc2)cc1)N1CCNCC1. The number of nitrogens with one attached hydrogen (secondary N) is 2. The number of rotatable bonds is 6. The minimum Gasteiger partial charge on any atom is -0.381 e. The van der Waals surface area contributed by atoms with E-state index in [1.54, 1.807) is 0 Å². The van der Waals surface area contributed by atoms with Gasteiger partial charge in [0.25, 0.3) is 0 Å². The van der Waals surface area contributed by atoms with Crippen LogP contribution in [0, 0.1) is 0 Å². The molecular weight excluding hydrogens is 339 g/mol. The van der Waals surface area contributed by atoms with Crippen LogP contribution in [-0.2, 0) is 6.54 Å². The molecular formula is C20H24F3N3. The number of hydrogen-bond acceptors (Lipinski definition) is 3. The van der Waals surface area contributed by atoms with Crippen LogP contribution in [0.2, 0.25) is 0 Å². The summed E-state index contributed by atoms with van der Waals surface area (Å²) in [6.45, 7) is 3.41. The predicted molar refractivity (Wildman–Crippen MR) is 98.1 cm³/mol. The van der Waals surface area contributed by atoms with Crippen LogP contribution in [0.4, 0.5) is 18.9 Å². The first kappa shape index (κ1) is 18.7. The number of alkyl halides is 3. The first-order valence-electron chi connectivity index (χ1n) is 8.90. The van der Waals surface area contributed by atoms with Gasteiger partial charge in [0.2, 0.25) is 0 Å². The Morgan fingerprint density at radius 2 is 1.62 bits per heavy atom. The molecule has 0 saturated carbocycles. The summed E-state index contributed by atoms with van der Waals surface area (Å²) < 4.78 is 39.2. The highest BCUT2D eigenvalue weighted by Gasteiger charge is 2.35. The van der Waals surface area contributed by atoms with E-state index < -0.39 is 18.6 Å². The Bertz CT molecular complexity index is 665. The quantitative estimate of drug-likeness (QED) is 0.806. The molecule has 6 heteroatoms. The predicted octanol–water partition coefficient (Wildman–Crippen LogP) is 4.20. The zero-order valence-corrected chi connectivity index (χ0v) is 14.6. The third kappa shape index (κ3) is 5.47. The van der Waals surface area contributed by atoms with Crippen LogP contribution >= 0.6 is 0 Å². The van der Waals surface area contributed by atoms with Crippen LogP contribution in [0.15, 0.2) is 54.6 Å². The van der Waals surface area contributed by atoms with Gasteiger partial charge in [0.1, 0.15) is 0 Å². The largest absolute Gasteiger partial charge is 0.390 e. The first-order valence-corrected chi connectivity index (χ1v) is 8.90. The van der Waals surface area contributed by atoms with Crippen molar-refractivity contribution in [2.45, 2.75) is 25.2 Å². The zero-order chi connectivity index (χ0) is 18.4. The summed E-state index contributed by atoms with van der Waals surface area (Å²) in [5.41, 5.74) is 2.78. The number of hydrogen-bond donors (Lipinski definition) is 2. The van der Waals surface area contributed by atoms with Crippen molar-refractivity contribution in [2.24, 2.45) is 0 Å². The first-order chi connectivity index (χ1) is 12.5. The third-order valence-corrected chi connectivity index (χ3v) is 4.65. The van der Waals surface area contributed by atoms with Crippen molar-refractivity contribution >= 4 is 5.69 Å². The fourth-order valence-electron chi connectivity index (χ4n) is 3.29. The number of nitrogens with zero attached hydrogens (tertiary/aromatic N) is 1. The van der Waals surface area contributed by atoms with Gasteiger partial charge in [0, 0.05) is 44.5 Å². The molecule has 140 valence electrons. The van der Waals surface area contributed by atoms with E-state index in [1.807, 2.05) is 59.5 Å². The second-order valence-corrected chi connectivity index (χ2v) is 6.58. The summed E-state index contributed by atoms with van der Waals surface area (Å²) >= 11 is 0. The van der Waals surface area contributed by atoms with Gasteiger partial charge in [-0.15, -0.1) is 0 Å². The molecule has 0 unspecified atom stereocenters. The summed E-state index contributed by atoms with van der Waals surface area (Å²) in [5, 5.41) is 6.50. The van der Waals surface area contributed by atoms with Crippen LogP contribution in [-0.4, -0.2) is 37.3 Å². The standard InChI is InChI=1S/C20H24F3N3/c21-20(22,23)14-19(26-12-10-24-11-13-26)17-6-8-18(9-7-17)25-15-16-4-2-1-3-5-16/h1-9,19,24-25H,10-15H2/t19-/m1/s1. The molecule has 3 rings (SSSR count). The van der Waals surface area contributed by atoms with Gasteiger partial charge in [-0.25, -0.2) is 0 Å². The van der Waals surface area contributed by atoms with E-state index in [-0.39, 0.29) is 0 Å². The maximum atomic E-state index is 13.1. The molecule has 1 fully saturated rings. The van der Waals surface area contributed by atoms with Crippen LogP contribution in [0.3, 0.4) is 0 Å². The minimum absolute atomic E-state index is 0.625. The molecule has 0 amide bonds. The van der Waals surface area contributed by atoms with Gasteiger partial charge < -0.3 is 10.6 Å². The number of benzene rings is 2. The summed E-state index contributed by atoms with van der Waals surface area (Å²) in [4.78, 5) is 1.93. The van der Waals surface area contributed by atoms with Crippen LogP contribution in [0.5, 0.6) is 0 Å². The molecule has 1 heterocycles. The fourth-order valence-corrected chi connectivity index (χ4v) is 3.29. The average molecular weight is 363 g/mol. The van der Waals surface area contributed by atoms with Crippen molar-refractivity contribution in [3.63, 3.8) is 0 Å². The van der Waals surface area contributed by atoms with Gasteiger partial charge in [-0.05, 0) is 23.3 Å². The molecule has 2 N–H and O–H groups in total. The monoisotopic (exact) mass is 363 g/mol. The molecule has 1 aliphatic heterocycles. The van der Waals surface area contributed by atoms with Gasteiger partial charge in [-0.2, -0.15) is 13.2 Å². The Hall–Kier alpha value is -2.05. The molecule has 1 aliphatic rings. The third-order valence-electron chi connectivity index (χ3n) is 4.65. The lowest BCUT2D eigenvalue weighted by atomic mass is 10.0. The lowest BCUT2D eigenvalue weighted by Crippen LogP contribution is -2.46. The second-order valence-electron chi connectivity index (χ2n) is 6.58. The van der Waals surface area contributed by atoms with Crippen LogP contribution in [0.1, 0.15) is 23.6 Å². The molecule has 1 saturated heterocycles. The Morgan fingerprint density at radius 3 is 2.23 bits per heavy atom. The van der Waals surface area contributed by atoms with E-state index in [1.165, 1.54) is 0 Å². The van der Waals surface area contributed by atoms with E-state index in [0.717, 1.165) is 29.9 Å². The lowest BCUT2D eigenvalue weighted by molar-refractivity contribution is -0.148. The molecule has 0 bridgehead atoms. The topological polar surface area (TPSA) is 27.3 Å². The molecule has 2 aromatic rings. The van der Waals surface area contributed by atoms with E-state index in [9.17, 15) is 13.2 Å². The summed E-state index contributed by atoms with van der Waals surface area (Å²) in [7, 11) is 0. The van der Waals surface area contributed by atoms with Gasteiger partial charge >= 0.3 is 6.18 Å². The van der Waals surface area contributed by atoms with Crippen molar-refractivity contribution in [3.8, 4) is 0 Å². The summed E-state index contributed by atoms with van der Waals surface area (Å²) in [5.74, 6) is 0. The smallest absolute Gasteiger partial charge is 0.381 e. The summed E-state index contributed by atoms with van der Waals surface area (Å²) in [6.07, 6.45) is -5.00. The normalized spacial score (nSPS) is 17.0. The Labute approximate surface area is 152 Å². The van der Waals surface area contributed by atoms with Gasteiger partial charge in [-0.3, -0.25) is 4.90 Å². The highest BCUT2D eigenvalue weighted by atomic mass is 19.4. The van der Waals surface area contributed by atoms with Crippen LogP contribution < -0.4 is 10.6 Å². The molecule has 3 nitrogen and oxygen atoms in total. The molecule has 0 radical (unpaired) electrons. The molecule has 2 aromatic carbocycles. The van der Waals surface area contributed by atoms with Crippen LogP contribution in [0.25, 0.3) is 0 Å². The number of anilines is 1. The highest BCUT2D eigenvalue weighted by Crippen LogP contribution is 2.34.